The number of para-hydroxylation sites is 2. The molecule has 0 fully saturated rings. The molecule has 0 radical (unpaired) electrons. The average Bonchev–Trinajstić information content (AvgIpc) is 3.06. The van der Waals surface area contributed by atoms with Gasteiger partial charge in [0.25, 0.3) is 0 Å². The molecule has 25 heavy (non-hydrogen) atoms. The standard InChI is InChI=1S/C19H18N4OS/c1-3-22-17(20-21-19(22)25-2)12-23-15-10-6-4-8-13(15)18(24)14-9-5-7-11-16(14)23/h4-11H,3,12H2,1-2H3. The van der Waals surface area contributed by atoms with Crippen molar-refractivity contribution in [2.24, 2.45) is 0 Å². The third-order valence-corrected chi connectivity index (χ3v) is 5.14. The number of aromatic nitrogens is 4. The Labute approximate surface area is 149 Å². The van der Waals surface area contributed by atoms with Crippen LogP contribution >= 0.6 is 11.8 Å². The second kappa shape index (κ2) is 6.37. The minimum Gasteiger partial charge on any atom is -0.333 e. The Hall–Kier alpha value is -2.60. The summed E-state index contributed by atoms with van der Waals surface area (Å²) < 4.78 is 4.28. The minimum absolute atomic E-state index is 0.0733. The summed E-state index contributed by atoms with van der Waals surface area (Å²) in [5.74, 6) is 0.894. The van der Waals surface area contributed by atoms with Gasteiger partial charge in [0.05, 0.1) is 17.6 Å². The van der Waals surface area contributed by atoms with Crippen LogP contribution in [0.15, 0.2) is 58.5 Å². The predicted octanol–water partition coefficient (Wildman–Crippen LogP) is 3.54. The molecule has 6 heteroatoms. The first-order valence-corrected chi connectivity index (χ1v) is 9.43. The van der Waals surface area contributed by atoms with Crippen LogP contribution in [0.5, 0.6) is 0 Å². The van der Waals surface area contributed by atoms with Gasteiger partial charge in [0.1, 0.15) is 0 Å². The van der Waals surface area contributed by atoms with Crippen LogP contribution in [-0.2, 0) is 13.1 Å². The number of hydrogen-bond donors (Lipinski definition) is 0. The van der Waals surface area contributed by atoms with Crippen LogP contribution in [-0.4, -0.2) is 25.6 Å². The number of nitrogens with zero attached hydrogens (tertiary/aromatic N) is 4. The van der Waals surface area contributed by atoms with E-state index in [9.17, 15) is 4.79 Å². The van der Waals surface area contributed by atoms with Crippen LogP contribution in [0.4, 0.5) is 0 Å². The Morgan fingerprint density at radius 3 is 2.08 bits per heavy atom. The minimum atomic E-state index is 0.0733. The van der Waals surface area contributed by atoms with Gasteiger partial charge in [-0.25, -0.2) is 0 Å². The highest BCUT2D eigenvalue weighted by Crippen LogP contribution is 2.21. The maximum atomic E-state index is 12.8. The Morgan fingerprint density at radius 2 is 1.52 bits per heavy atom. The first-order valence-electron chi connectivity index (χ1n) is 8.21. The highest BCUT2D eigenvalue weighted by atomic mass is 32.2. The number of thioether (sulfide) groups is 1. The molecule has 2 heterocycles. The second-order valence-corrected chi connectivity index (χ2v) is 6.57. The normalized spacial score (nSPS) is 11.4. The molecular formula is C19H18N4OS. The van der Waals surface area contributed by atoms with Gasteiger partial charge in [0.2, 0.25) is 0 Å². The van der Waals surface area contributed by atoms with Crippen LogP contribution in [0.2, 0.25) is 0 Å². The van der Waals surface area contributed by atoms with Crippen molar-refractivity contribution < 1.29 is 0 Å². The fraction of sp³-hybridized carbons (Fsp3) is 0.211. The van der Waals surface area contributed by atoms with Gasteiger partial charge in [0, 0.05) is 17.3 Å². The number of fused-ring (bicyclic) bond motifs is 2. The molecule has 0 N–H and O–H groups in total. The Kier molecular flexibility index (Phi) is 4.05. The summed E-state index contributed by atoms with van der Waals surface area (Å²) in [5.41, 5.74) is 1.91. The van der Waals surface area contributed by atoms with E-state index in [0.29, 0.717) is 6.54 Å². The molecule has 0 saturated carbocycles. The van der Waals surface area contributed by atoms with E-state index in [-0.39, 0.29) is 5.43 Å². The molecule has 0 atom stereocenters. The topological polar surface area (TPSA) is 52.7 Å². The van der Waals surface area contributed by atoms with Gasteiger partial charge in [-0.05, 0) is 37.4 Å². The maximum Gasteiger partial charge on any atom is 0.197 e. The largest absolute Gasteiger partial charge is 0.333 e. The molecule has 0 aliphatic rings. The molecule has 4 rings (SSSR count). The predicted molar refractivity (Wildman–Crippen MR) is 102 cm³/mol. The zero-order valence-electron chi connectivity index (χ0n) is 14.1. The summed E-state index contributed by atoms with van der Waals surface area (Å²) in [6.07, 6.45) is 2.00. The Balaban J connectivity index is 2.02. The van der Waals surface area contributed by atoms with E-state index in [0.717, 1.165) is 39.3 Å². The Bertz CT molecular complexity index is 1070. The lowest BCUT2D eigenvalue weighted by Gasteiger charge is -2.15. The second-order valence-electron chi connectivity index (χ2n) is 5.80. The summed E-state index contributed by atoms with van der Waals surface area (Å²) in [6.45, 7) is 3.48. The molecule has 0 bridgehead atoms. The van der Waals surface area contributed by atoms with Gasteiger partial charge in [-0.3, -0.25) is 4.79 Å². The van der Waals surface area contributed by atoms with Crippen molar-refractivity contribution in [3.8, 4) is 0 Å². The van der Waals surface area contributed by atoms with Crippen molar-refractivity contribution in [1.82, 2.24) is 19.3 Å². The lowest BCUT2D eigenvalue weighted by molar-refractivity contribution is 0.625. The van der Waals surface area contributed by atoms with Crippen LogP contribution < -0.4 is 5.43 Å². The zero-order valence-corrected chi connectivity index (χ0v) is 15.0. The summed E-state index contributed by atoms with van der Waals surface area (Å²) in [7, 11) is 0. The fourth-order valence-corrected chi connectivity index (χ4v) is 3.87. The molecule has 0 aliphatic heterocycles. The molecule has 0 aliphatic carbocycles. The molecule has 0 unspecified atom stereocenters. The van der Waals surface area contributed by atoms with E-state index in [1.165, 1.54) is 0 Å². The van der Waals surface area contributed by atoms with Gasteiger partial charge in [0.15, 0.2) is 16.4 Å². The molecule has 126 valence electrons. The average molecular weight is 350 g/mol. The van der Waals surface area contributed by atoms with Crippen molar-refractivity contribution in [3.63, 3.8) is 0 Å². The monoisotopic (exact) mass is 350 g/mol. The van der Waals surface area contributed by atoms with E-state index in [4.69, 9.17) is 0 Å². The quantitative estimate of drug-likeness (QED) is 0.417. The lowest BCUT2D eigenvalue weighted by atomic mass is 10.1. The molecule has 0 spiro atoms. The number of benzene rings is 2. The van der Waals surface area contributed by atoms with Crippen LogP contribution in [0.25, 0.3) is 21.8 Å². The lowest BCUT2D eigenvalue weighted by Crippen LogP contribution is -2.14. The van der Waals surface area contributed by atoms with Crippen LogP contribution in [0.1, 0.15) is 12.7 Å². The smallest absolute Gasteiger partial charge is 0.197 e. The number of pyridine rings is 1. The number of hydrogen-bond acceptors (Lipinski definition) is 4. The molecule has 2 aromatic carbocycles. The van der Waals surface area contributed by atoms with Crippen molar-refractivity contribution in [3.05, 3.63) is 64.6 Å². The molecule has 4 aromatic rings. The first kappa shape index (κ1) is 15.9. The highest BCUT2D eigenvalue weighted by molar-refractivity contribution is 7.98. The maximum absolute atomic E-state index is 12.8. The van der Waals surface area contributed by atoms with E-state index in [1.54, 1.807) is 11.8 Å². The SMILES string of the molecule is CCn1c(Cn2c3ccccc3c(=O)c3ccccc32)nnc1SC. The van der Waals surface area contributed by atoms with E-state index < -0.39 is 0 Å². The summed E-state index contributed by atoms with van der Waals surface area (Å²) in [5, 5.41) is 11.0. The molecular weight excluding hydrogens is 332 g/mol. The third-order valence-electron chi connectivity index (χ3n) is 4.47. The summed E-state index contributed by atoms with van der Waals surface area (Å²) >= 11 is 1.59. The summed E-state index contributed by atoms with van der Waals surface area (Å²) in [6, 6.07) is 15.5. The van der Waals surface area contributed by atoms with Crippen molar-refractivity contribution >= 4 is 33.6 Å². The Morgan fingerprint density at radius 1 is 0.920 bits per heavy atom. The van der Waals surface area contributed by atoms with Gasteiger partial charge in [-0.1, -0.05) is 36.0 Å². The van der Waals surface area contributed by atoms with Crippen molar-refractivity contribution in [2.45, 2.75) is 25.2 Å². The van der Waals surface area contributed by atoms with Gasteiger partial charge in [-0.15, -0.1) is 10.2 Å². The van der Waals surface area contributed by atoms with E-state index >= 15 is 0 Å². The summed E-state index contributed by atoms with van der Waals surface area (Å²) in [4.78, 5) is 12.8. The van der Waals surface area contributed by atoms with E-state index in [2.05, 4.69) is 26.3 Å². The highest BCUT2D eigenvalue weighted by Gasteiger charge is 2.14. The van der Waals surface area contributed by atoms with Gasteiger partial charge >= 0.3 is 0 Å². The van der Waals surface area contributed by atoms with Crippen LogP contribution in [0.3, 0.4) is 0 Å². The van der Waals surface area contributed by atoms with Crippen molar-refractivity contribution in [1.29, 1.82) is 0 Å². The van der Waals surface area contributed by atoms with Gasteiger partial charge < -0.3 is 9.13 Å². The third kappa shape index (κ3) is 2.53. The zero-order chi connectivity index (χ0) is 17.4. The van der Waals surface area contributed by atoms with E-state index in [1.807, 2.05) is 54.8 Å². The molecule has 0 amide bonds. The first-order chi connectivity index (χ1) is 12.2. The molecule has 2 aromatic heterocycles. The number of rotatable bonds is 4. The van der Waals surface area contributed by atoms with Crippen molar-refractivity contribution in [2.75, 3.05) is 6.26 Å². The van der Waals surface area contributed by atoms with Gasteiger partial charge in [-0.2, -0.15) is 0 Å². The molecule has 0 saturated heterocycles. The van der Waals surface area contributed by atoms with Crippen LogP contribution in [0, 0.1) is 0 Å². The molecule has 5 nitrogen and oxygen atoms in total. The fourth-order valence-electron chi connectivity index (χ4n) is 3.29.